The minimum atomic E-state index is -3.86. The van der Waals surface area contributed by atoms with Crippen LogP contribution in [0.3, 0.4) is 0 Å². The van der Waals surface area contributed by atoms with E-state index in [0.29, 0.717) is 11.1 Å². The van der Waals surface area contributed by atoms with Crippen molar-refractivity contribution in [1.29, 1.82) is 0 Å². The highest BCUT2D eigenvalue weighted by molar-refractivity contribution is 7.89. The fourth-order valence-electron chi connectivity index (χ4n) is 4.36. The van der Waals surface area contributed by atoms with Gasteiger partial charge in [0.15, 0.2) is 0 Å². The maximum atomic E-state index is 13.5. The molecule has 1 fully saturated rings. The summed E-state index contributed by atoms with van der Waals surface area (Å²) in [7, 11) is -3.86. The lowest BCUT2D eigenvalue weighted by molar-refractivity contribution is 0.0699. The first-order chi connectivity index (χ1) is 15.9. The highest BCUT2D eigenvalue weighted by Crippen LogP contribution is 2.30. The van der Waals surface area contributed by atoms with Crippen molar-refractivity contribution in [3.63, 3.8) is 0 Å². The van der Waals surface area contributed by atoms with Crippen molar-refractivity contribution in [3.05, 3.63) is 78.0 Å². The van der Waals surface area contributed by atoms with Crippen LogP contribution in [0.4, 0.5) is 0 Å². The van der Waals surface area contributed by atoms with E-state index in [-0.39, 0.29) is 42.7 Å². The fraction of sp³-hybridized carbons (Fsp3) is 0.200. The fourth-order valence-corrected chi connectivity index (χ4v) is 5.95. The molecule has 1 saturated heterocycles. The number of sulfonamides is 1. The van der Waals surface area contributed by atoms with E-state index in [2.05, 4.69) is 4.98 Å². The molecule has 5 rings (SSSR count). The summed E-state index contributed by atoms with van der Waals surface area (Å²) in [4.78, 5) is 19.5. The summed E-state index contributed by atoms with van der Waals surface area (Å²) in [5, 5.41) is 13.0. The Labute approximate surface area is 191 Å². The van der Waals surface area contributed by atoms with Crippen LogP contribution in [0.5, 0.6) is 5.75 Å². The third-order valence-corrected chi connectivity index (χ3v) is 8.03. The van der Waals surface area contributed by atoms with Gasteiger partial charge in [-0.3, -0.25) is 9.78 Å². The summed E-state index contributed by atoms with van der Waals surface area (Å²) in [5.74, 6) is -0.437. The van der Waals surface area contributed by atoms with Crippen molar-refractivity contribution in [1.82, 2.24) is 14.2 Å². The standard InChI is InChI=1S/C25H23N3O4S/c1-17-8-9-22(29)23(15-17)33(31,32)28-13-11-27(12-14-28)25(30)21-16-18-5-2-3-6-19(18)20-7-4-10-26-24(20)21/h2-10,15-16,29H,11-14H2,1H3. The van der Waals surface area contributed by atoms with E-state index in [1.807, 2.05) is 42.5 Å². The predicted octanol–water partition coefficient (Wildman–Crippen LogP) is 3.55. The Morgan fingerprint density at radius 1 is 0.939 bits per heavy atom. The third kappa shape index (κ3) is 3.71. The number of phenols is 1. The predicted molar refractivity (Wildman–Crippen MR) is 127 cm³/mol. The van der Waals surface area contributed by atoms with Crippen molar-refractivity contribution in [2.24, 2.45) is 0 Å². The number of pyridine rings is 1. The van der Waals surface area contributed by atoms with Gasteiger partial charge in [-0.25, -0.2) is 8.42 Å². The van der Waals surface area contributed by atoms with Gasteiger partial charge in [0.25, 0.3) is 5.91 Å². The summed E-state index contributed by atoms with van der Waals surface area (Å²) in [6.07, 6.45) is 1.67. The Kier molecular flexibility index (Phi) is 5.26. The smallest absolute Gasteiger partial charge is 0.256 e. The Morgan fingerprint density at radius 3 is 2.45 bits per heavy atom. The molecule has 1 amide bonds. The van der Waals surface area contributed by atoms with Gasteiger partial charge in [-0.2, -0.15) is 4.31 Å². The second-order valence-electron chi connectivity index (χ2n) is 8.21. The van der Waals surface area contributed by atoms with Crippen LogP contribution >= 0.6 is 0 Å². The number of aromatic nitrogens is 1. The van der Waals surface area contributed by atoms with Crippen molar-refractivity contribution in [3.8, 4) is 5.75 Å². The van der Waals surface area contributed by atoms with Gasteiger partial charge in [0.05, 0.1) is 11.1 Å². The van der Waals surface area contributed by atoms with Crippen molar-refractivity contribution in [2.75, 3.05) is 26.2 Å². The molecule has 1 aliphatic heterocycles. The molecule has 7 nitrogen and oxygen atoms in total. The van der Waals surface area contributed by atoms with E-state index < -0.39 is 10.0 Å². The quantitative estimate of drug-likeness (QED) is 0.471. The molecule has 33 heavy (non-hydrogen) atoms. The number of carbonyl (C=O) groups is 1. The summed E-state index contributed by atoms with van der Waals surface area (Å²) in [6.45, 7) is 2.59. The van der Waals surface area contributed by atoms with Crippen LogP contribution in [-0.2, 0) is 10.0 Å². The van der Waals surface area contributed by atoms with E-state index in [4.69, 9.17) is 0 Å². The van der Waals surface area contributed by atoms with Gasteiger partial charge in [-0.1, -0.05) is 36.4 Å². The number of hydrogen-bond donors (Lipinski definition) is 1. The molecular weight excluding hydrogens is 438 g/mol. The number of carbonyl (C=O) groups excluding carboxylic acids is 1. The molecule has 0 bridgehead atoms. The molecule has 1 aliphatic rings. The number of aromatic hydroxyl groups is 1. The Hall–Kier alpha value is -3.49. The lowest BCUT2D eigenvalue weighted by Crippen LogP contribution is -2.50. The van der Waals surface area contributed by atoms with Crippen LogP contribution in [0, 0.1) is 6.92 Å². The molecule has 2 heterocycles. The van der Waals surface area contributed by atoms with E-state index >= 15 is 0 Å². The molecule has 1 aromatic heterocycles. The zero-order valence-corrected chi connectivity index (χ0v) is 18.9. The maximum absolute atomic E-state index is 13.5. The molecule has 3 aromatic carbocycles. The average Bonchev–Trinajstić information content (AvgIpc) is 2.84. The van der Waals surface area contributed by atoms with Gasteiger partial charge >= 0.3 is 0 Å². The van der Waals surface area contributed by atoms with E-state index in [0.717, 1.165) is 21.7 Å². The second-order valence-corrected chi connectivity index (χ2v) is 10.1. The Balaban J connectivity index is 1.42. The number of hydrogen-bond acceptors (Lipinski definition) is 5. The van der Waals surface area contributed by atoms with Gasteiger partial charge < -0.3 is 10.0 Å². The van der Waals surface area contributed by atoms with Crippen LogP contribution < -0.4 is 0 Å². The zero-order valence-electron chi connectivity index (χ0n) is 18.1. The highest BCUT2D eigenvalue weighted by Gasteiger charge is 2.32. The van der Waals surface area contributed by atoms with Gasteiger partial charge in [0, 0.05) is 37.8 Å². The SMILES string of the molecule is Cc1ccc(O)c(S(=O)(=O)N2CCN(C(=O)c3cc4ccccc4c4cccnc34)CC2)c1. The summed E-state index contributed by atoms with van der Waals surface area (Å²) in [6, 6.07) is 18.1. The van der Waals surface area contributed by atoms with E-state index in [1.165, 1.54) is 16.4 Å². The van der Waals surface area contributed by atoms with Gasteiger partial charge in [-0.15, -0.1) is 0 Å². The van der Waals surface area contributed by atoms with Gasteiger partial charge in [0.1, 0.15) is 10.6 Å². The molecule has 0 aliphatic carbocycles. The molecule has 0 unspecified atom stereocenters. The maximum Gasteiger partial charge on any atom is 0.256 e. The molecule has 1 N–H and O–H groups in total. The summed E-state index contributed by atoms with van der Waals surface area (Å²) < 4.78 is 27.5. The first-order valence-corrected chi connectivity index (χ1v) is 12.2. The zero-order chi connectivity index (χ0) is 23.2. The normalized spacial score (nSPS) is 15.2. The Bertz CT molecular complexity index is 1490. The molecular formula is C25H23N3O4S. The monoisotopic (exact) mass is 461 g/mol. The number of amides is 1. The number of benzene rings is 3. The lowest BCUT2D eigenvalue weighted by atomic mass is 10.00. The number of fused-ring (bicyclic) bond motifs is 3. The van der Waals surface area contributed by atoms with Crippen LogP contribution in [0.15, 0.2) is 71.8 Å². The largest absolute Gasteiger partial charge is 0.507 e. The molecule has 0 radical (unpaired) electrons. The topological polar surface area (TPSA) is 90.8 Å². The van der Waals surface area contributed by atoms with E-state index in [9.17, 15) is 18.3 Å². The highest BCUT2D eigenvalue weighted by atomic mass is 32.2. The number of phenolic OH excluding ortho intramolecular Hbond substituents is 1. The first kappa shape index (κ1) is 21.4. The van der Waals surface area contributed by atoms with Gasteiger partial charge in [-0.05, 0) is 47.5 Å². The summed E-state index contributed by atoms with van der Waals surface area (Å²) >= 11 is 0. The number of aryl methyl sites for hydroxylation is 1. The third-order valence-electron chi connectivity index (χ3n) is 6.10. The first-order valence-electron chi connectivity index (χ1n) is 10.7. The minimum Gasteiger partial charge on any atom is -0.507 e. The molecule has 8 heteroatoms. The number of nitrogens with zero attached hydrogens (tertiary/aromatic N) is 3. The van der Waals surface area contributed by atoms with Crippen molar-refractivity contribution < 1.29 is 18.3 Å². The lowest BCUT2D eigenvalue weighted by Gasteiger charge is -2.34. The molecule has 0 saturated carbocycles. The molecule has 168 valence electrons. The van der Waals surface area contributed by atoms with Crippen LogP contribution in [0.1, 0.15) is 15.9 Å². The van der Waals surface area contributed by atoms with Gasteiger partial charge in [0.2, 0.25) is 10.0 Å². The van der Waals surface area contributed by atoms with Crippen molar-refractivity contribution in [2.45, 2.75) is 11.8 Å². The average molecular weight is 462 g/mol. The molecule has 4 aromatic rings. The molecule has 0 atom stereocenters. The van der Waals surface area contributed by atoms with Crippen LogP contribution in [-0.4, -0.2) is 59.8 Å². The van der Waals surface area contributed by atoms with E-state index in [1.54, 1.807) is 24.1 Å². The number of rotatable bonds is 3. The molecule has 0 spiro atoms. The minimum absolute atomic E-state index is 0.105. The summed E-state index contributed by atoms with van der Waals surface area (Å²) in [5.41, 5.74) is 1.90. The second kappa shape index (κ2) is 8.13. The number of piperazine rings is 1. The Morgan fingerprint density at radius 2 is 1.67 bits per heavy atom. The van der Waals surface area contributed by atoms with Crippen LogP contribution in [0.2, 0.25) is 0 Å². The van der Waals surface area contributed by atoms with Crippen molar-refractivity contribution >= 4 is 37.6 Å². The van der Waals surface area contributed by atoms with Crippen LogP contribution in [0.25, 0.3) is 21.7 Å².